The first-order chi connectivity index (χ1) is 7.05. The van der Waals surface area contributed by atoms with Gasteiger partial charge in [0.15, 0.2) is 14.9 Å². The molecule has 2 aliphatic rings. The Bertz CT molecular complexity index is 349. The highest BCUT2D eigenvalue weighted by molar-refractivity contribution is 7.91. The van der Waals surface area contributed by atoms with Crippen LogP contribution in [0.2, 0.25) is 0 Å². The van der Waals surface area contributed by atoms with Gasteiger partial charge >= 0.3 is 0 Å². The van der Waals surface area contributed by atoms with E-state index in [-0.39, 0.29) is 11.8 Å². The van der Waals surface area contributed by atoms with Crippen molar-refractivity contribution in [1.82, 2.24) is 10.6 Å². The van der Waals surface area contributed by atoms with Crippen LogP contribution in [0.5, 0.6) is 0 Å². The third-order valence-electron chi connectivity index (χ3n) is 2.71. The quantitative estimate of drug-likeness (QED) is 0.683. The number of rotatable bonds is 2. The fourth-order valence-electron chi connectivity index (χ4n) is 1.78. The molecule has 1 aliphatic carbocycles. The van der Waals surface area contributed by atoms with Crippen LogP contribution < -0.4 is 10.6 Å². The van der Waals surface area contributed by atoms with Crippen molar-refractivity contribution in [2.24, 2.45) is 0 Å². The second-order valence-corrected chi connectivity index (χ2v) is 6.98. The lowest BCUT2D eigenvalue weighted by atomic mass is 10.2. The van der Waals surface area contributed by atoms with E-state index in [2.05, 4.69) is 10.6 Å². The van der Waals surface area contributed by atoms with Crippen molar-refractivity contribution < 1.29 is 8.42 Å². The van der Waals surface area contributed by atoms with Crippen LogP contribution >= 0.6 is 12.2 Å². The van der Waals surface area contributed by atoms with Gasteiger partial charge < -0.3 is 10.6 Å². The number of sulfone groups is 1. The summed E-state index contributed by atoms with van der Waals surface area (Å²) in [7, 11) is -2.84. The van der Waals surface area contributed by atoms with Gasteiger partial charge in [0.1, 0.15) is 0 Å². The summed E-state index contributed by atoms with van der Waals surface area (Å²) in [5, 5.41) is 6.85. The molecule has 0 amide bonds. The molecule has 1 unspecified atom stereocenters. The lowest BCUT2D eigenvalue weighted by molar-refractivity contribution is 0.529. The number of nitrogens with one attached hydrogen (secondary N) is 2. The van der Waals surface area contributed by atoms with E-state index >= 15 is 0 Å². The van der Waals surface area contributed by atoms with Crippen LogP contribution in [0.3, 0.4) is 0 Å². The molecule has 2 N–H and O–H groups in total. The van der Waals surface area contributed by atoms with E-state index < -0.39 is 9.84 Å². The third kappa shape index (κ3) is 3.61. The van der Waals surface area contributed by atoms with Gasteiger partial charge in [-0.05, 0) is 37.9 Å². The average molecular weight is 248 g/mol. The zero-order valence-corrected chi connectivity index (χ0v) is 10.2. The summed E-state index contributed by atoms with van der Waals surface area (Å²) >= 11 is 5.11. The van der Waals surface area contributed by atoms with Gasteiger partial charge in [0.25, 0.3) is 0 Å². The summed E-state index contributed by atoms with van der Waals surface area (Å²) in [6.07, 6.45) is 3.98. The molecule has 0 spiro atoms. The number of thiocarbonyl (C=S) groups is 1. The van der Waals surface area contributed by atoms with Crippen molar-refractivity contribution in [1.29, 1.82) is 0 Å². The molecular weight excluding hydrogens is 232 g/mol. The van der Waals surface area contributed by atoms with E-state index in [0.717, 1.165) is 12.8 Å². The molecule has 0 aromatic heterocycles. The molecule has 2 fully saturated rings. The molecule has 1 saturated heterocycles. The molecule has 0 aromatic rings. The summed E-state index contributed by atoms with van der Waals surface area (Å²) in [5.41, 5.74) is 0. The normalized spacial score (nSPS) is 29.5. The first-order valence-corrected chi connectivity index (χ1v) is 7.55. The van der Waals surface area contributed by atoms with Crippen LogP contribution in [-0.4, -0.2) is 37.1 Å². The van der Waals surface area contributed by atoms with E-state index in [0.29, 0.717) is 16.9 Å². The third-order valence-corrected chi connectivity index (χ3v) is 4.77. The van der Waals surface area contributed by atoms with Gasteiger partial charge in [-0.1, -0.05) is 0 Å². The molecule has 0 bridgehead atoms. The summed E-state index contributed by atoms with van der Waals surface area (Å²) in [4.78, 5) is 0. The maximum Gasteiger partial charge on any atom is 0.166 e. The maximum atomic E-state index is 11.4. The lowest BCUT2D eigenvalue weighted by Gasteiger charge is -2.24. The highest BCUT2D eigenvalue weighted by atomic mass is 32.2. The minimum atomic E-state index is -2.84. The molecule has 15 heavy (non-hydrogen) atoms. The van der Waals surface area contributed by atoms with Crippen LogP contribution in [0.15, 0.2) is 0 Å². The second-order valence-electron chi connectivity index (χ2n) is 4.35. The smallest absolute Gasteiger partial charge is 0.166 e. The molecule has 86 valence electrons. The Hall–Kier alpha value is -0.360. The van der Waals surface area contributed by atoms with Crippen LogP contribution in [0, 0.1) is 0 Å². The predicted molar refractivity (Wildman–Crippen MR) is 63.6 cm³/mol. The second kappa shape index (κ2) is 4.25. The molecule has 1 heterocycles. The number of hydrogen-bond donors (Lipinski definition) is 2. The van der Waals surface area contributed by atoms with Gasteiger partial charge in [0.05, 0.1) is 11.5 Å². The fraction of sp³-hybridized carbons (Fsp3) is 0.889. The van der Waals surface area contributed by atoms with E-state index in [9.17, 15) is 8.42 Å². The highest BCUT2D eigenvalue weighted by Crippen LogP contribution is 2.18. The Morgan fingerprint density at radius 1 is 1.13 bits per heavy atom. The van der Waals surface area contributed by atoms with E-state index in [1.54, 1.807) is 0 Å². The van der Waals surface area contributed by atoms with Gasteiger partial charge in [-0.2, -0.15) is 0 Å². The maximum absolute atomic E-state index is 11.4. The fourth-order valence-corrected chi connectivity index (χ4v) is 3.75. The summed E-state index contributed by atoms with van der Waals surface area (Å²) in [5.74, 6) is 0.549. The Balaban J connectivity index is 1.80. The van der Waals surface area contributed by atoms with Crippen LogP contribution in [0.25, 0.3) is 0 Å². The van der Waals surface area contributed by atoms with Gasteiger partial charge in [-0.3, -0.25) is 0 Å². The van der Waals surface area contributed by atoms with E-state index in [1.807, 2.05) is 0 Å². The largest absolute Gasteiger partial charge is 0.360 e. The first-order valence-electron chi connectivity index (χ1n) is 5.33. The molecule has 6 heteroatoms. The molecule has 2 rings (SSSR count). The molecule has 1 saturated carbocycles. The van der Waals surface area contributed by atoms with Crippen molar-refractivity contribution in [2.45, 2.75) is 37.8 Å². The van der Waals surface area contributed by atoms with Gasteiger partial charge in [-0.15, -0.1) is 0 Å². The molecule has 0 radical (unpaired) electrons. The van der Waals surface area contributed by atoms with Crippen LogP contribution in [0.1, 0.15) is 25.7 Å². The van der Waals surface area contributed by atoms with E-state index in [4.69, 9.17) is 12.2 Å². The summed E-state index contributed by atoms with van der Waals surface area (Å²) < 4.78 is 22.7. The zero-order chi connectivity index (χ0) is 10.9. The Labute approximate surface area is 95.7 Å². The SMILES string of the molecule is O=S1(=O)CCCC(NC(=S)NC2CC2)C1. The lowest BCUT2D eigenvalue weighted by Crippen LogP contribution is -2.47. The molecule has 1 atom stereocenters. The van der Waals surface area contributed by atoms with Gasteiger partial charge in [0, 0.05) is 12.1 Å². The van der Waals surface area contributed by atoms with Gasteiger partial charge in [-0.25, -0.2) is 8.42 Å². The van der Waals surface area contributed by atoms with Crippen molar-refractivity contribution in [3.05, 3.63) is 0 Å². The average Bonchev–Trinajstić information content (AvgIpc) is 2.85. The molecular formula is C9H16N2O2S2. The Morgan fingerprint density at radius 3 is 2.40 bits per heavy atom. The highest BCUT2D eigenvalue weighted by Gasteiger charge is 2.27. The zero-order valence-electron chi connectivity index (χ0n) is 8.53. The summed E-state index contributed by atoms with van der Waals surface area (Å²) in [6.45, 7) is 0. The number of hydrogen-bond acceptors (Lipinski definition) is 3. The van der Waals surface area contributed by atoms with Crippen LogP contribution in [0.4, 0.5) is 0 Å². The van der Waals surface area contributed by atoms with Gasteiger partial charge in [0.2, 0.25) is 0 Å². The van der Waals surface area contributed by atoms with Crippen molar-refractivity contribution in [3.63, 3.8) is 0 Å². The molecule has 0 aromatic carbocycles. The standard InChI is InChI=1S/C9H16N2O2S2/c12-15(13)5-1-2-8(6-15)11-9(14)10-7-3-4-7/h7-8H,1-6H2,(H2,10,11,14). The summed E-state index contributed by atoms with van der Waals surface area (Å²) in [6, 6.07) is 0.521. The van der Waals surface area contributed by atoms with Crippen molar-refractivity contribution in [2.75, 3.05) is 11.5 Å². The van der Waals surface area contributed by atoms with E-state index in [1.165, 1.54) is 12.8 Å². The van der Waals surface area contributed by atoms with Crippen molar-refractivity contribution >= 4 is 27.2 Å². The molecule has 1 aliphatic heterocycles. The predicted octanol–water partition coefficient (Wildman–Crippen LogP) is 0.190. The van der Waals surface area contributed by atoms with Crippen LogP contribution in [-0.2, 0) is 9.84 Å². The molecule has 4 nitrogen and oxygen atoms in total. The topological polar surface area (TPSA) is 58.2 Å². The monoisotopic (exact) mass is 248 g/mol. The minimum Gasteiger partial charge on any atom is -0.360 e. The minimum absolute atomic E-state index is 0.00231. The Morgan fingerprint density at radius 2 is 1.80 bits per heavy atom. The van der Waals surface area contributed by atoms with Crippen molar-refractivity contribution in [3.8, 4) is 0 Å². The first kappa shape index (κ1) is 11.1. The Kier molecular flexibility index (Phi) is 3.16.